The summed E-state index contributed by atoms with van der Waals surface area (Å²) in [6, 6.07) is 14.2. The van der Waals surface area contributed by atoms with Crippen LogP contribution in [0.4, 0.5) is 5.69 Å². The largest absolute Gasteiger partial charge is 0.359 e. The number of aryl methyl sites for hydroxylation is 2. The van der Waals surface area contributed by atoms with E-state index in [9.17, 15) is 8.42 Å². The molecular weight excluding hydrogens is 284 g/mol. The van der Waals surface area contributed by atoms with Crippen molar-refractivity contribution in [2.24, 2.45) is 0 Å². The first-order valence-corrected chi connectivity index (χ1v) is 8.12. The number of anilines is 1. The van der Waals surface area contributed by atoms with Crippen molar-refractivity contribution < 1.29 is 8.42 Å². The SMILES string of the molecule is Cc1ccc(S(=O)(=O)Nc2cccc3[nH]c(C)cc23)cc1. The summed E-state index contributed by atoms with van der Waals surface area (Å²) in [5, 5.41) is 0.866. The Hall–Kier alpha value is -2.27. The van der Waals surface area contributed by atoms with Crippen molar-refractivity contribution in [3.63, 3.8) is 0 Å². The van der Waals surface area contributed by atoms with Crippen LogP contribution in [0, 0.1) is 13.8 Å². The fourth-order valence-corrected chi connectivity index (χ4v) is 3.38. The summed E-state index contributed by atoms with van der Waals surface area (Å²) in [6.07, 6.45) is 0. The maximum atomic E-state index is 12.4. The number of rotatable bonds is 3. The number of H-pyrrole nitrogens is 1. The molecule has 2 aromatic carbocycles. The van der Waals surface area contributed by atoms with Gasteiger partial charge in [-0.3, -0.25) is 4.72 Å². The second-order valence-electron chi connectivity index (χ2n) is 5.14. The van der Waals surface area contributed by atoms with Crippen LogP contribution in [0.5, 0.6) is 0 Å². The fraction of sp³-hybridized carbons (Fsp3) is 0.125. The maximum Gasteiger partial charge on any atom is 0.261 e. The molecule has 0 spiro atoms. The van der Waals surface area contributed by atoms with E-state index in [0.717, 1.165) is 22.2 Å². The Labute approximate surface area is 123 Å². The summed E-state index contributed by atoms with van der Waals surface area (Å²) >= 11 is 0. The van der Waals surface area contributed by atoms with Crippen LogP contribution in [-0.2, 0) is 10.0 Å². The molecule has 0 fully saturated rings. The van der Waals surface area contributed by atoms with Gasteiger partial charge in [0.1, 0.15) is 0 Å². The molecule has 0 bridgehead atoms. The van der Waals surface area contributed by atoms with E-state index in [-0.39, 0.29) is 4.90 Å². The second kappa shape index (κ2) is 4.93. The van der Waals surface area contributed by atoms with Crippen LogP contribution >= 0.6 is 0 Å². The summed E-state index contributed by atoms with van der Waals surface area (Å²) in [5.74, 6) is 0. The lowest BCUT2D eigenvalue weighted by atomic mass is 10.2. The predicted octanol–water partition coefficient (Wildman–Crippen LogP) is 3.59. The molecular formula is C16H16N2O2S. The fourth-order valence-electron chi connectivity index (χ4n) is 2.30. The van der Waals surface area contributed by atoms with Crippen LogP contribution in [0.3, 0.4) is 0 Å². The van der Waals surface area contributed by atoms with E-state index in [1.54, 1.807) is 30.3 Å². The number of sulfonamides is 1. The molecule has 5 heteroatoms. The van der Waals surface area contributed by atoms with E-state index in [4.69, 9.17) is 0 Å². The molecule has 0 atom stereocenters. The predicted molar refractivity (Wildman–Crippen MR) is 85.0 cm³/mol. The topological polar surface area (TPSA) is 62.0 Å². The lowest BCUT2D eigenvalue weighted by Gasteiger charge is -2.09. The Morgan fingerprint density at radius 3 is 2.43 bits per heavy atom. The Bertz CT molecular complexity index is 894. The number of nitrogens with one attached hydrogen (secondary N) is 2. The normalized spacial score (nSPS) is 11.7. The van der Waals surface area contributed by atoms with Gasteiger partial charge in [0.25, 0.3) is 10.0 Å². The number of hydrogen-bond donors (Lipinski definition) is 2. The van der Waals surface area contributed by atoms with Crippen LogP contribution in [0.25, 0.3) is 10.9 Å². The van der Waals surface area contributed by atoms with Crippen molar-refractivity contribution in [1.29, 1.82) is 0 Å². The van der Waals surface area contributed by atoms with Gasteiger partial charge in [-0.05, 0) is 44.2 Å². The molecule has 2 N–H and O–H groups in total. The first-order valence-electron chi connectivity index (χ1n) is 6.63. The molecule has 21 heavy (non-hydrogen) atoms. The van der Waals surface area contributed by atoms with Gasteiger partial charge in [-0.25, -0.2) is 8.42 Å². The van der Waals surface area contributed by atoms with Gasteiger partial charge in [0.15, 0.2) is 0 Å². The van der Waals surface area contributed by atoms with Crippen molar-refractivity contribution in [2.45, 2.75) is 18.7 Å². The smallest absolute Gasteiger partial charge is 0.261 e. The summed E-state index contributed by atoms with van der Waals surface area (Å²) in [6.45, 7) is 3.87. The Kier molecular flexibility index (Phi) is 3.22. The first-order chi connectivity index (χ1) is 9.95. The molecule has 0 aliphatic heterocycles. The van der Waals surface area contributed by atoms with Crippen molar-refractivity contribution >= 4 is 26.6 Å². The van der Waals surface area contributed by atoms with Crippen LogP contribution in [-0.4, -0.2) is 13.4 Å². The number of benzene rings is 2. The zero-order valence-electron chi connectivity index (χ0n) is 11.8. The van der Waals surface area contributed by atoms with Gasteiger partial charge < -0.3 is 4.98 Å². The third-order valence-electron chi connectivity index (χ3n) is 3.37. The summed E-state index contributed by atoms with van der Waals surface area (Å²) in [4.78, 5) is 3.46. The van der Waals surface area contributed by atoms with E-state index >= 15 is 0 Å². The molecule has 0 aliphatic rings. The molecule has 3 aromatic rings. The standard InChI is InChI=1S/C16H16N2O2S/c1-11-6-8-13(9-7-11)21(19,20)18-16-5-3-4-15-14(16)10-12(2)17-15/h3-10,17-18H,1-2H3. The highest BCUT2D eigenvalue weighted by Crippen LogP contribution is 2.26. The zero-order chi connectivity index (χ0) is 15.0. The van der Waals surface area contributed by atoms with Crippen molar-refractivity contribution in [3.8, 4) is 0 Å². The zero-order valence-corrected chi connectivity index (χ0v) is 12.7. The molecule has 0 aliphatic carbocycles. The van der Waals surface area contributed by atoms with Gasteiger partial charge in [-0.15, -0.1) is 0 Å². The lowest BCUT2D eigenvalue weighted by molar-refractivity contribution is 0.601. The van der Waals surface area contributed by atoms with Crippen LogP contribution in [0.2, 0.25) is 0 Å². The van der Waals surface area contributed by atoms with Gasteiger partial charge in [0, 0.05) is 16.6 Å². The number of aromatic amines is 1. The molecule has 108 valence electrons. The molecule has 1 aromatic heterocycles. The monoisotopic (exact) mass is 300 g/mol. The minimum Gasteiger partial charge on any atom is -0.359 e. The van der Waals surface area contributed by atoms with Gasteiger partial charge in [-0.1, -0.05) is 23.8 Å². The van der Waals surface area contributed by atoms with Crippen LogP contribution < -0.4 is 4.72 Å². The number of aromatic nitrogens is 1. The van der Waals surface area contributed by atoms with Crippen LogP contribution in [0.15, 0.2) is 53.4 Å². The Morgan fingerprint density at radius 2 is 1.71 bits per heavy atom. The quantitative estimate of drug-likeness (QED) is 0.776. The average Bonchev–Trinajstić information content (AvgIpc) is 2.80. The summed E-state index contributed by atoms with van der Waals surface area (Å²) in [5.41, 5.74) is 3.51. The highest BCUT2D eigenvalue weighted by Gasteiger charge is 2.15. The third-order valence-corrected chi connectivity index (χ3v) is 4.76. The van der Waals surface area contributed by atoms with E-state index in [2.05, 4.69) is 9.71 Å². The average molecular weight is 300 g/mol. The molecule has 0 saturated heterocycles. The molecule has 0 saturated carbocycles. The Morgan fingerprint density at radius 1 is 1.00 bits per heavy atom. The molecule has 0 unspecified atom stereocenters. The maximum absolute atomic E-state index is 12.4. The van der Waals surface area contributed by atoms with Gasteiger partial charge >= 0.3 is 0 Å². The number of hydrogen-bond acceptors (Lipinski definition) is 2. The van der Waals surface area contributed by atoms with Gasteiger partial charge in [-0.2, -0.15) is 0 Å². The highest BCUT2D eigenvalue weighted by atomic mass is 32.2. The Balaban J connectivity index is 2.03. The first kappa shape index (κ1) is 13.7. The highest BCUT2D eigenvalue weighted by molar-refractivity contribution is 7.92. The summed E-state index contributed by atoms with van der Waals surface area (Å²) < 4.78 is 27.5. The molecule has 0 radical (unpaired) electrons. The van der Waals surface area contributed by atoms with Gasteiger partial charge in [0.05, 0.1) is 10.6 Å². The molecule has 3 rings (SSSR count). The number of fused-ring (bicyclic) bond motifs is 1. The van der Waals surface area contributed by atoms with Crippen molar-refractivity contribution in [2.75, 3.05) is 4.72 Å². The minimum absolute atomic E-state index is 0.261. The minimum atomic E-state index is -3.58. The van der Waals surface area contributed by atoms with Crippen molar-refractivity contribution in [1.82, 2.24) is 4.98 Å². The molecule has 0 amide bonds. The summed E-state index contributed by atoms with van der Waals surface area (Å²) in [7, 11) is -3.58. The molecule has 1 heterocycles. The van der Waals surface area contributed by atoms with Gasteiger partial charge in [0.2, 0.25) is 0 Å². The van der Waals surface area contributed by atoms with E-state index in [0.29, 0.717) is 5.69 Å². The molecule has 4 nitrogen and oxygen atoms in total. The van der Waals surface area contributed by atoms with E-state index < -0.39 is 10.0 Å². The second-order valence-corrected chi connectivity index (χ2v) is 6.82. The third kappa shape index (κ3) is 2.64. The lowest BCUT2D eigenvalue weighted by Crippen LogP contribution is -2.13. The van der Waals surface area contributed by atoms with Crippen molar-refractivity contribution in [3.05, 3.63) is 59.8 Å². The van der Waals surface area contributed by atoms with Crippen LogP contribution in [0.1, 0.15) is 11.3 Å². The van der Waals surface area contributed by atoms with E-state index in [1.165, 1.54) is 0 Å². The van der Waals surface area contributed by atoms with E-state index in [1.807, 2.05) is 32.0 Å².